The van der Waals surface area contributed by atoms with Crippen LogP contribution in [0.1, 0.15) is 5.56 Å². The molecule has 0 bridgehead atoms. The summed E-state index contributed by atoms with van der Waals surface area (Å²) in [5.41, 5.74) is 18.3. The predicted molar refractivity (Wildman–Crippen MR) is 247 cm³/mol. The molecule has 0 spiro atoms. The Hall–Kier alpha value is -8.22. The van der Waals surface area contributed by atoms with Gasteiger partial charge in [0, 0.05) is 102 Å². The molecule has 0 N–H and O–H groups in total. The Kier molecular flexibility index (Phi) is 10.6. The monoisotopic (exact) mass is 770 g/mol. The van der Waals surface area contributed by atoms with Gasteiger partial charge < -0.3 is 0 Å². The molecule has 0 radical (unpaired) electrons. The van der Waals surface area contributed by atoms with Crippen molar-refractivity contribution in [2.45, 2.75) is 0 Å². The molecular weight excluding hydrogens is 733 g/mol. The van der Waals surface area contributed by atoms with Crippen LogP contribution in [0.15, 0.2) is 220 Å². The fourth-order valence-corrected chi connectivity index (χ4v) is 7.41. The van der Waals surface area contributed by atoms with Crippen molar-refractivity contribution < 1.29 is 0 Å². The highest BCUT2D eigenvalue weighted by Crippen LogP contribution is 2.40. The summed E-state index contributed by atoms with van der Waals surface area (Å²) >= 11 is 0. The molecule has 9 aromatic rings. The number of aliphatic imine (C=N–C) groups is 1. The van der Waals surface area contributed by atoms with E-state index in [4.69, 9.17) is 0 Å². The zero-order chi connectivity index (χ0) is 40.7. The van der Waals surface area contributed by atoms with Gasteiger partial charge in [-0.3, -0.25) is 29.9 Å². The van der Waals surface area contributed by atoms with E-state index < -0.39 is 0 Å². The first kappa shape index (κ1) is 37.4. The van der Waals surface area contributed by atoms with E-state index in [1.807, 2.05) is 61.3 Å². The standard InChI is InChI=1S/C54H38N6/c1-3-55-31-37(2)43-19-44(38-9-4-14-56-32-38)23-49(20-43)52-28-53(50-24-45(39-10-5-15-57-33-39)21-46(25-50)40-11-6-16-58-34-40)30-54(29-52)51-26-47(41-12-7-17-59-35-41)22-48(27-51)42-13-8-18-60-36-42/h3-36H,1-2H2. The molecule has 0 fully saturated rings. The van der Waals surface area contributed by atoms with Crippen LogP contribution in [0.25, 0.3) is 94.6 Å². The Labute approximate surface area is 349 Å². The van der Waals surface area contributed by atoms with Crippen molar-refractivity contribution in [1.82, 2.24) is 24.9 Å². The third kappa shape index (κ3) is 8.26. The minimum Gasteiger partial charge on any atom is -0.265 e. The van der Waals surface area contributed by atoms with Crippen LogP contribution in [-0.4, -0.2) is 31.1 Å². The summed E-state index contributed by atoms with van der Waals surface area (Å²) < 4.78 is 0. The van der Waals surface area contributed by atoms with Gasteiger partial charge in [0.05, 0.1) is 0 Å². The Morgan fingerprint density at radius 3 is 0.817 bits per heavy atom. The van der Waals surface area contributed by atoms with Gasteiger partial charge in [0.1, 0.15) is 0 Å². The van der Waals surface area contributed by atoms with E-state index in [0.717, 1.165) is 100 Å². The van der Waals surface area contributed by atoms with E-state index in [0.29, 0.717) is 0 Å². The van der Waals surface area contributed by atoms with Crippen molar-refractivity contribution in [3.63, 3.8) is 0 Å². The maximum absolute atomic E-state index is 4.47. The van der Waals surface area contributed by atoms with Gasteiger partial charge in [0.2, 0.25) is 0 Å². The molecule has 6 nitrogen and oxygen atoms in total. The maximum Gasteiger partial charge on any atom is 0.0346 e. The van der Waals surface area contributed by atoms with Crippen LogP contribution in [0, 0.1) is 0 Å². The Morgan fingerprint density at radius 1 is 0.350 bits per heavy atom. The Balaban J connectivity index is 1.32. The Bertz CT molecular complexity index is 2720. The van der Waals surface area contributed by atoms with E-state index in [-0.39, 0.29) is 0 Å². The van der Waals surface area contributed by atoms with Gasteiger partial charge >= 0.3 is 0 Å². The first-order valence-corrected chi connectivity index (χ1v) is 19.5. The summed E-state index contributed by atoms with van der Waals surface area (Å²) in [7, 11) is 0. The lowest BCUT2D eigenvalue weighted by molar-refractivity contribution is 1.32. The SMILES string of the molecule is C=CN=CC(=C)c1cc(-c2cccnc2)cc(-c2cc(-c3cc(-c4cccnc4)cc(-c4cccnc4)c3)cc(-c3cc(-c4cccnc4)cc(-c4cccnc4)c3)c2)c1. The summed E-state index contributed by atoms with van der Waals surface area (Å²) in [6.07, 6.45) is 21.8. The molecule has 0 aliphatic rings. The second kappa shape index (κ2) is 17.1. The van der Waals surface area contributed by atoms with Crippen molar-refractivity contribution in [3.05, 3.63) is 220 Å². The van der Waals surface area contributed by atoms with E-state index in [2.05, 4.69) is 146 Å². The van der Waals surface area contributed by atoms with Gasteiger partial charge in [-0.1, -0.05) is 43.5 Å². The Morgan fingerprint density at radius 2 is 0.583 bits per heavy atom. The summed E-state index contributed by atoms with van der Waals surface area (Å²) in [4.78, 5) is 26.6. The first-order valence-electron chi connectivity index (χ1n) is 19.5. The predicted octanol–water partition coefficient (Wildman–Crippen LogP) is 13.2. The molecule has 0 atom stereocenters. The van der Waals surface area contributed by atoms with Crippen LogP contribution in [0.4, 0.5) is 0 Å². The molecular formula is C54H38N6. The average Bonchev–Trinajstić information content (AvgIpc) is 3.34. The van der Waals surface area contributed by atoms with Gasteiger partial charge in [-0.05, 0) is 175 Å². The topological polar surface area (TPSA) is 76.8 Å². The van der Waals surface area contributed by atoms with Gasteiger partial charge in [0.25, 0.3) is 0 Å². The van der Waals surface area contributed by atoms with E-state index in [1.165, 1.54) is 6.20 Å². The average molecular weight is 771 g/mol. The minimum absolute atomic E-state index is 0.772. The first-order chi connectivity index (χ1) is 29.6. The van der Waals surface area contributed by atoms with Crippen LogP contribution in [-0.2, 0) is 0 Å². The van der Waals surface area contributed by atoms with E-state index in [1.54, 1.807) is 37.2 Å². The number of nitrogens with zero attached hydrogens (tertiary/aromatic N) is 6. The molecule has 284 valence electrons. The molecule has 0 aliphatic carbocycles. The number of aromatic nitrogens is 5. The molecule has 0 amide bonds. The van der Waals surface area contributed by atoms with Crippen LogP contribution in [0.5, 0.6) is 0 Å². The third-order valence-corrected chi connectivity index (χ3v) is 10.4. The highest BCUT2D eigenvalue weighted by molar-refractivity contribution is 6.10. The molecule has 0 aliphatic heterocycles. The zero-order valence-electron chi connectivity index (χ0n) is 32.7. The largest absolute Gasteiger partial charge is 0.265 e. The highest BCUT2D eigenvalue weighted by Gasteiger charge is 2.15. The molecule has 4 aromatic carbocycles. The van der Waals surface area contributed by atoms with Gasteiger partial charge in [0.15, 0.2) is 0 Å². The zero-order valence-corrected chi connectivity index (χ0v) is 32.7. The normalized spacial score (nSPS) is 11.1. The molecule has 5 aromatic heterocycles. The molecule has 0 unspecified atom stereocenters. The molecule has 9 rings (SSSR count). The van der Waals surface area contributed by atoms with Crippen molar-refractivity contribution in [3.8, 4) is 89.0 Å². The lowest BCUT2D eigenvalue weighted by atomic mass is 9.87. The second-order valence-electron chi connectivity index (χ2n) is 14.4. The highest BCUT2D eigenvalue weighted by atomic mass is 14.7. The number of allylic oxidation sites excluding steroid dienone is 1. The molecule has 0 saturated heterocycles. The van der Waals surface area contributed by atoms with Crippen molar-refractivity contribution in [2.24, 2.45) is 4.99 Å². The van der Waals surface area contributed by atoms with Crippen LogP contribution in [0.2, 0.25) is 0 Å². The van der Waals surface area contributed by atoms with Crippen molar-refractivity contribution in [2.75, 3.05) is 0 Å². The molecule has 0 saturated carbocycles. The number of rotatable bonds is 11. The summed E-state index contributed by atoms with van der Waals surface area (Å²) in [5, 5.41) is 0. The summed E-state index contributed by atoms with van der Waals surface area (Å²) in [5.74, 6) is 0. The lowest BCUT2D eigenvalue weighted by Crippen LogP contribution is -1.93. The summed E-state index contributed by atoms with van der Waals surface area (Å²) in [6, 6.07) is 47.1. The van der Waals surface area contributed by atoms with Crippen molar-refractivity contribution in [1.29, 1.82) is 0 Å². The van der Waals surface area contributed by atoms with Gasteiger partial charge in [-0.15, -0.1) is 0 Å². The number of hydrogen-bond acceptors (Lipinski definition) is 6. The minimum atomic E-state index is 0.772. The van der Waals surface area contributed by atoms with E-state index in [9.17, 15) is 0 Å². The van der Waals surface area contributed by atoms with E-state index >= 15 is 0 Å². The maximum atomic E-state index is 4.47. The molecule has 60 heavy (non-hydrogen) atoms. The fourth-order valence-electron chi connectivity index (χ4n) is 7.41. The fraction of sp³-hybridized carbons (Fsp3) is 0. The third-order valence-electron chi connectivity index (χ3n) is 10.4. The second-order valence-corrected chi connectivity index (χ2v) is 14.4. The quantitative estimate of drug-likeness (QED) is 0.122. The number of benzene rings is 4. The van der Waals surface area contributed by atoms with Crippen molar-refractivity contribution >= 4 is 11.8 Å². The molecule has 5 heterocycles. The summed E-state index contributed by atoms with van der Waals surface area (Å²) in [6.45, 7) is 8.16. The lowest BCUT2D eigenvalue weighted by Gasteiger charge is -2.17. The van der Waals surface area contributed by atoms with Gasteiger partial charge in [-0.25, -0.2) is 0 Å². The smallest absolute Gasteiger partial charge is 0.0346 e. The number of hydrogen-bond donors (Lipinski definition) is 0. The van der Waals surface area contributed by atoms with Crippen LogP contribution >= 0.6 is 0 Å². The number of pyridine rings is 5. The van der Waals surface area contributed by atoms with Crippen LogP contribution < -0.4 is 0 Å². The molecule has 6 heteroatoms. The van der Waals surface area contributed by atoms with Crippen LogP contribution in [0.3, 0.4) is 0 Å². The van der Waals surface area contributed by atoms with Gasteiger partial charge in [-0.2, -0.15) is 0 Å².